The minimum absolute atomic E-state index is 0.244. The molecule has 0 saturated carbocycles. The minimum atomic E-state index is -0.952. The van der Waals surface area contributed by atoms with Crippen molar-refractivity contribution in [2.75, 3.05) is 49.7 Å². The van der Waals surface area contributed by atoms with Gasteiger partial charge in [-0.2, -0.15) is 0 Å². The third-order valence-electron chi connectivity index (χ3n) is 10.1. The van der Waals surface area contributed by atoms with Gasteiger partial charge >= 0.3 is 23.9 Å². The lowest BCUT2D eigenvalue weighted by Gasteiger charge is -2.09. The molecule has 72 heavy (non-hydrogen) atoms. The van der Waals surface area contributed by atoms with Crippen LogP contribution in [0.5, 0.6) is 23.0 Å². The third kappa shape index (κ3) is 16.1. The molecular weight excluding hydrogens is 921 g/mol. The highest BCUT2D eigenvalue weighted by atomic mass is 16.5. The van der Waals surface area contributed by atoms with Crippen LogP contribution >= 0.6 is 0 Å². The van der Waals surface area contributed by atoms with E-state index in [1.54, 1.807) is 126 Å². The molecule has 0 unspecified atom stereocenters. The Morgan fingerprint density at radius 2 is 0.444 bits per heavy atom. The van der Waals surface area contributed by atoms with E-state index in [1.807, 2.05) is 97.1 Å². The molecule has 8 N–H and O–H groups in total. The van der Waals surface area contributed by atoms with Crippen molar-refractivity contribution in [3.8, 4) is 23.0 Å². The number of methoxy groups -OCH3 is 4. The van der Waals surface area contributed by atoms with Crippen molar-refractivity contribution in [1.82, 2.24) is 0 Å². The lowest BCUT2D eigenvalue weighted by molar-refractivity contribution is 0.0687. The number of benzene rings is 8. The average molecular weight is 973 g/mol. The van der Waals surface area contributed by atoms with Crippen molar-refractivity contribution in [2.24, 2.45) is 0 Å². The van der Waals surface area contributed by atoms with Crippen LogP contribution in [0, 0.1) is 0 Å². The second kappa shape index (κ2) is 27.1. The maximum atomic E-state index is 11.1. The molecule has 0 fully saturated rings. The summed E-state index contributed by atoms with van der Waals surface area (Å²) < 4.78 is 20.2. The Bertz CT molecular complexity index is 2610. The van der Waals surface area contributed by atoms with E-state index in [1.165, 1.54) is 0 Å². The number of nitrogens with one attached hydrogen (secondary N) is 4. The summed E-state index contributed by atoms with van der Waals surface area (Å²) in [6.45, 7) is 0. The van der Waals surface area contributed by atoms with Gasteiger partial charge in [0, 0.05) is 22.7 Å². The first-order valence-corrected chi connectivity index (χ1v) is 21.8. The number of ether oxygens (including phenoxy) is 4. The van der Waals surface area contributed by atoms with Crippen LogP contribution in [-0.4, -0.2) is 72.7 Å². The lowest BCUT2D eigenvalue weighted by atomic mass is 10.1. The van der Waals surface area contributed by atoms with E-state index >= 15 is 0 Å². The van der Waals surface area contributed by atoms with Crippen molar-refractivity contribution in [2.45, 2.75) is 0 Å². The molecule has 0 amide bonds. The SMILES string of the molecule is COc1ccc(Nc2ccccc2C(=O)O)cc1.COc1ccc(Nc2ccccc2C(=O)O)cc1.COc1ccc(Nc2ccccc2C(=O)O)cc1.COc1ccc(Nc2ccccc2C(=O)O)cc1. The number of rotatable bonds is 16. The zero-order valence-corrected chi connectivity index (χ0v) is 39.5. The summed E-state index contributed by atoms with van der Waals surface area (Å²) in [6.07, 6.45) is 0. The Labute approximate surface area is 415 Å². The molecule has 0 bridgehead atoms. The lowest BCUT2D eigenvalue weighted by Crippen LogP contribution is -2.02. The second-order valence-corrected chi connectivity index (χ2v) is 14.8. The van der Waals surface area contributed by atoms with Gasteiger partial charge in [-0.15, -0.1) is 0 Å². The Kier molecular flexibility index (Phi) is 20.0. The minimum Gasteiger partial charge on any atom is -0.497 e. The van der Waals surface area contributed by atoms with Crippen LogP contribution in [0.25, 0.3) is 0 Å². The fourth-order valence-electron chi connectivity index (χ4n) is 6.43. The highest BCUT2D eigenvalue weighted by Crippen LogP contribution is 2.27. The van der Waals surface area contributed by atoms with E-state index in [4.69, 9.17) is 39.4 Å². The van der Waals surface area contributed by atoms with Gasteiger partial charge in [-0.1, -0.05) is 48.5 Å². The van der Waals surface area contributed by atoms with E-state index in [0.717, 1.165) is 45.7 Å². The first-order chi connectivity index (χ1) is 34.8. The molecular formula is C56H52N4O12. The number of hydrogen-bond donors (Lipinski definition) is 8. The molecule has 0 radical (unpaired) electrons. The number of para-hydroxylation sites is 4. The second-order valence-electron chi connectivity index (χ2n) is 14.8. The van der Waals surface area contributed by atoms with Gasteiger partial charge in [0.1, 0.15) is 23.0 Å². The van der Waals surface area contributed by atoms with Gasteiger partial charge in [0.2, 0.25) is 0 Å². The largest absolute Gasteiger partial charge is 0.497 e. The van der Waals surface area contributed by atoms with Gasteiger partial charge in [0.15, 0.2) is 0 Å². The Hall–Kier alpha value is -9.96. The van der Waals surface area contributed by atoms with E-state index in [2.05, 4.69) is 21.3 Å². The molecule has 8 aromatic rings. The normalized spacial score (nSPS) is 9.83. The van der Waals surface area contributed by atoms with Crippen molar-refractivity contribution >= 4 is 69.4 Å². The topological polar surface area (TPSA) is 234 Å². The Morgan fingerprint density at radius 3 is 0.597 bits per heavy atom. The zero-order valence-electron chi connectivity index (χ0n) is 39.5. The predicted molar refractivity (Wildman–Crippen MR) is 279 cm³/mol. The summed E-state index contributed by atoms with van der Waals surface area (Å²) in [5.74, 6) is -0.783. The summed E-state index contributed by atoms with van der Waals surface area (Å²) in [5.41, 5.74) is 6.47. The van der Waals surface area contributed by atoms with Gasteiger partial charge in [0.05, 0.1) is 73.4 Å². The van der Waals surface area contributed by atoms with Gasteiger partial charge in [-0.25, -0.2) is 19.2 Å². The molecule has 0 atom stereocenters. The van der Waals surface area contributed by atoms with Crippen LogP contribution in [0.15, 0.2) is 194 Å². The van der Waals surface area contributed by atoms with Crippen LogP contribution in [0.4, 0.5) is 45.5 Å². The molecule has 0 aromatic heterocycles. The zero-order chi connectivity index (χ0) is 51.8. The van der Waals surface area contributed by atoms with Gasteiger partial charge in [-0.3, -0.25) is 0 Å². The van der Waals surface area contributed by atoms with E-state index in [9.17, 15) is 19.2 Å². The maximum Gasteiger partial charge on any atom is 0.337 e. The summed E-state index contributed by atoms with van der Waals surface area (Å²) in [5, 5.41) is 48.5. The summed E-state index contributed by atoms with van der Waals surface area (Å²) in [7, 11) is 6.40. The monoisotopic (exact) mass is 972 g/mol. The van der Waals surface area contributed by atoms with Gasteiger partial charge in [0.25, 0.3) is 0 Å². The number of carboxylic acid groups (broad SMARTS) is 4. The first-order valence-electron chi connectivity index (χ1n) is 21.8. The van der Waals surface area contributed by atoms with E-state index < -0.39 is 23.9 Å². The highest BCUT2D eigenvalue weighted by molar-refractivity contribution is 5.97. The van der Waals surface area contributed by atoms with Crippen molar-refractivity contribution in [3.63, 3.8) is 0 Å². The highest BCUT2D eigenvalue weighted by Gasteiger charge is 2.12. The molecule has 0 aliphatic rings. The number of anilines is 8. The Morgan fingerprint density at radius 1 is 0.278 bits per heavy atom. The summed E-state index contributed by atoms with van der Waals surface area (Å²) in [4.78, 5) is 44.2. The fourth-order valence-corrected chi connectivity index (χ4v) is 6.43. The molecule has 8 rings (SSSR count). The van der Waals surface area contributed by atoms with Crippen molar-refractivity contribution in [1.29, 1.82) is 0 Å². The standard InChI is InChI=1S/4C14H13NO3/c4*1-18-11-8-6-10(7-9-11)15-13-5-3-2-4-12(13)14(16)17/h4*2-9,15H,1H3,(H,16,17). The number of aromatic carboxylic acids is 4. The van der Waals surface area contributed by atoms with Crippen molar-refractivity contribution in [3.05, 3.63) is 216 Å². The number of hydrogen-bond acceptors (Lipinski definition) is 12. The van der Waals surface area contributed by atoms with Crippen LogP contribution in [0.1, 0.15) is 41.4 Å². The smallest absolute Gasteiger partial charge is 0.337 e. The summed E-state index contributed by atoms with van der Waals surface area (Å²) in [6, 6.07) is 56.3. The Balaban J connectivity index is 0.000000178. The molecule has 8 aromatic carbocycles. The van der Waals surface area contributed by atoms with Crippen LogP contribution in [0.3, 0.4) is 0 Å². The summed E-state index contributed by atoms with van der Waals surface area (Å²) >= 11 is 0. The average Bonchev–Trinajstić information content (AvgIpc) is 3.40. The fraction of sp³-hybridized carbons (Fsp3) is 0.0714. The van der Waals surface area contributed by atoms with Crippen LogP contribution in [0.2, 0.25) is 0 Å². The molecule has 0 spiro atoms. The quantitative estimate of drug-likeness (QED) is 0.0450. The van der Waals surface area contributed by atoms with Crippen molar-refractivity contribution < 1.29 is 58.6 Å². The molecule has 0 heterocycles. The van der Waals surface area contributed by atoms with E-state index in [-0.39, 0.29) is 22.3 Å². The molecule has 16 nitrogen and oxygen atoms in total. The van der Waals surface area contributed by atoms with Crippen LogP contribution < -0.4 is 40.2 Å². The molecule has 0 aliphatic carbocycles. The van der Waals surface area contributed by atoms with Gasteiger partial charge < -0.3 is 60.6 Å². The number of carbonyl (C=O) groups is 4. The predicted octanol–water partition coefficient (Wildman–Crippen LogP) is 12.5. The third-order valence-corrected chi connectivity index (χ3v) is 10.1. The first kappa shape index (κ1) is 53.0. The molecule has 0 aliphatic heterocycles. The molecule has 16 heteroatoms. The number of carboxylic acids is 4. The van der Waals surface area contributed by atoms with E-state index in [0.29, 0.717) is 22.7 Å². The molecule has 368 valence electrons. The maximum absolute atomic E-state index is 11.1. The molecule has 0 saturated heterocycles. The van der Waals surface area contributed by atoms with Crippen LogP contribution in [-0.2, 0) is 0 Å². The van der Waals surface area contributed by atoms with Gasteiger partial charge in [-0.05, 0) is 146 Å².